The predicted molar refractivity (Wildman–Crippen MR) is 71.7 cm³/mol. The Morgan fingerprint density at radius 1 is 1.42 bits per heavy atom. The van der Waals surface area contributed by atoms with E-state index >= 15 is 0 Å². The zero-order chi connectivity index (χ0) is 13.8. The molecule has 19 heavy (non-hydrogen) atoms. The summed E-state index contributed by atoms with van der Waals surface area (Å²) in [6.07, 6.45) is 3.89. The van der Waals surface area contributed by atoms with Crippen LogP contribution in [0.5, 0.6) is 0 Å². The van der Waals surface area contributed by atoms with Crippen LogP contribution in [0.25, 0.3) is 0 Å². The minimum absolute atomic E-state index is 0.0348. The number of halogens is 2. The van der Waals surface area contributed by atoms with E-state index in [1.54, 1.807) is 0 Å². The van der Waals surface area contributed by atoms with E-state index in [1.807, 2.05) is 0 Å². The maximum Gasteiger partial charge on any atom is 0.253 e. The first-order valence-electron chi connectivity index (χ1n) is 6.48. The van der Waals surface area contributed by atoms with Gasteiger partial charge in [-0.25, -0.2) is 4.39 Å². The van der Waals surface area contributed by atoms with Crippen molar-refractivity contribution in [1.82, 2.24) is 5.32 Å². The van der Waals surface area contributed by atoms with Gasteiger partial charge in [-0.15, -0.1) is 0 Å². The van der Waals surface area contributed by atoms with E-state index in [1.165, 1.54) is 12.1 Å². The molecular formula is C14H17ClFNO2. The minimum atomic E-state index is -0.465. The Balaban J connectivity index is 2.07. The third-order valence-electron chi connectivity index (χ3n) is 3.64. The summed E-state index contributed by atoms with van der Waals surface area (Å²) in [6.45, 7) is 0.0715. The highest BCUT2D eigenvalue weighted by atomic mass is 35.5. The van der Waals surface area contributed by atoms with E-state index in [-0.39, 0.29) is 35.1 Å². The number of benzene rings is 1. The number of carbonyl (C=O) groups excluding carboxylic acids is 1. The molecule has 1 amide bonds. The van der Waals surface area contributed by atoms with Gasteiger partial charge in [-0.05, 0) is 31.0 Å². The van der Waals surface area contributed by atoms with E-state index in [9.17, 15) is 14.3 Å². The molecule has 104 valence electrons. The number of nitrogens with one attached hydrogen (secondary N) is 1. The molecule has 0 bridgehead atoms. The largest absolute Gasteiger partial charge is 0.396 e. The minimum Gasteiger partial charge on any atom is -0.396 e. The van der Waals surface area contributed by atoms with Gasteiger partial charge in [-0.3, -0.25) is 4.79 Å². The second kappa shape index (κ2) is 6.35. The summed E-state index contributed by atoms with van der Waals surface area (Å²) in [4.78, 5) is 12.1. The van der Waals surface area contributed by atoms with Crippen molar-refractivity contribution in [2.24, 2.45) is 5.92 Å². The lowest BCUT2D eigenvalue weighted by Gasteiger charge is -2.30. The molecule has 0 heterocycles. The smallest absolute Gasteiger partial charge is 0.253 e. The molecule has 2 unspecified atom stereocenters. The van der Waals surface area contributed by atoms with Gasteiger partial charge in [-0.1, -0.05) is 24.4 Å². The first kappa shape index (κ1) is 14.3. The lowest BCUT2D eigenvalue weighted by Crippen LogP contribution is -2.43. The molecule has 0 radical (unpaired) electrons. The topological polar surface area (TPSA) is 49.3 Å². The molecule has 0 saturated heterocycles. The molecule has 1 fully saturated rings. The van der Waals surface area contributed by atoms with Crippen LogP contribution in [0.4, 0.5) is 4.39 Å². The van der Waals surface area contributed by atoms with E-state index in [2.05, 4.69) is 5.32 Å². The summed E-state index contributed by atoms with van der Waals surface area (Å²) in [5, 5.41) is 12.3. The van der Waals surface area contributed by atoms with Gasteiger partial charge in [0.25, 0.3) is 5.91 Å². The van der Waals surface area contributed by atoms with Gasteiger partial charge in [0, 0.05) is 18.6 Å². The Bertz CT molecular complexity index is 467. The highest BCUT2D eigenvalue weighted by molar-refractivity contribution is 6.33. The average molecular weight is 286 g/mol. The SMILES string of the molecule is O=C(NC1CCCCC1CO)c1ccc(F)cc1Cl. The number of aliphatic hydroxyl groups is 1. The molecule has 0 aliphatic heterocycles. The van der Waals surface area contributed by atoms with Gasteiger partial charge in [0.1, 0.15) is 5.82 Å². The molecular weight excluding hydrogens is 269 g/mol. The number of rotatable bonds is 3. The molecule has 1 aromatic rings. The van der Waals surface area contributed by atoms with Crippen molar-refractivity contribution >= 4 is 17.5 Å². The number of hydrogen-bond donors (Lipinski definition) is 2. The molecule has 0 aromatic heterocycles. The van der Waals surface area contributed by atoms with Gasteiger partial charge in [0.15, 0.2) is 0 Å². The Morgan fingerprint density at radius 3 is 2.84 bits per heavy atom. The van der Waals surface area contributed by atoms with Crippen LogP contribution in [0, 0.1) is 11.7 Å². The molecule has 2 rings (SSSR count). The van der Waals surface area contributed by atoms with Crippen LogP contribution in [0.2, 0.25) is 5.02 Å². The molecule has 0 spiro atoms. The summed E-state index contributed by atoms with van der Waals surface area (Å²) in [7, 11) is 0. The fourth-order valence-electron chi connectivity index (χ4n) is 2.54. The normalized spacial score (nSPS) is 23.1. The summed E-state index contributed by atoms with van der Waals surface area (Å²) in [6, 6.07) is 3.68. The van der Waals surface area contributed by atoms with Crippen LogP contribution in [0.1, 0.15) is 36.0 Å². The lowest BCUT2D eigenvalue weighted by atomic mass is 9.85. The molecule has 1 aliphatic carbocycles. The van der Waals surface area contributed by atoms with Crippen LogP contribution >= 0.6 is 11.6 Å². The second-order valence-electron chi connectivity index (χ2n) is 4.93. The molecule has 1 saturated carbocycles. The maximum absolute atomic E-state index is 12.9. The van der Waals surface area contributed by atoms with E-state index < -0.39 is 5.82 Å². The van der Waals surface area contributed by atoms with Crippen molar-refractivity contribution < 1.29 is 14.3 Å². The molecule has 2 atom stereocenters. The Kier molecular flexibility index (Phi) is 4.77. The van der Waals surface area contributed by atoms with Gasteiger partial charge in [0.05, 0.1) is 10.6 Å². The quantitative estimate of drug-likeness (QED) is 0.897. The summed E-state index contributed by atoms with van der Waals surface area (Å²) in [5.74, 6) is -0.681. The molecule has 5 heteroatoms. The van der Waals surface area contributed by atoms with Crippen molar-refractivity contribution in [1.29, 1.82) is 0 Å². The standard InChI is InChI=1S/C14H17ClFNO2/c15-12-7-10(16)5-6-11(12)14(19)17-13-4-2-1-3-9(13)8-18/h5-7,9,13,18H,1-4,8H2,(H,17,19). The Labute approximate surface area is 116 Å². The highest BCUT2D eigenvalue weighted by Gasteiger charge is 2.26. The van der Waals surface area contributed by atoms with Crippen LogP contribution in [-0.4, -0.2) is 23.7 Å². The number of aliphatic hydroxyl groups excluding tert-OH is 1. The van der Waals surface area contributed by atoms with Crippen molar-refractivity contribution in [3.63, 3.8) is 0 Å². The van der Waals surface area contributed by atoms with Crippen LogP contribution in [-0.2, 0) is 0 Å². The molecule has 1 aliphatic rings. The third kappa shape index (κ3) is 3.45. The number of hydrogen-bond acceptors (Lipinski definition) is 2. The lowest BCUT2D eigenvalue weighted by molar-refractivity contribution is 0.0872. The number of amides is 1. The van der Waals surface area contributed by atoms with Gasteiger partial charge >= 0.3 is 0 Å². The molecule has 2 N–H and O–H groups in total. The fraction of sp³-hybridized carbons (Fsp3) is 0.500. The first-order chi connectivity index (χ1) is 9.11. The predicted octanol–water partition coefficient (Wildman–Crippen LogP) is 2.76. The molecule has 3 nitrogen and oxygen atoms in total. The van der Waals surface area contributed by atoms with Gasteiger partial charge < -0.3 is 10.4 Å². The van der Waals surface area contributed by atoms with Gasteiger partial charge in [-0.2, -0.15) is 0 Å². The van der Waals surface area contributed by atoms with Crippen molar-refractivity contribution in [2.75, 3.05) is 6.61 Å². The third-order valence-corrected chi connectivity index (χ3v) is 3.95. The highest BCUT2D eigenvalue weighted by Crippen LogP contribution is 2.25. The average Bonchev–Trinajstić information content (AvgIpc) is 2.39. The first-order valence-corrected chi connectivity index (χ1v) is 6.86. The van der Waals surface area contributed by atoms with Crippen LogP contribution in [0.3, 0.4) is 0 Å². The Hall–Kier alpha value is -1.13. The maximum atomic E-state index is 12.9. The van der Waals surface area contributed by atoms with Gasteiger partial charge in [0.2, 0.25) is 0 Å². The van der Waals surface area contributed by atoms with Crippen molar-refractivity contribution in [3.05, 3.63) is 34.6 Å². The monoisotopic (exact) mass is 285 g/mol. The van der Waals surface area contributed by atoms with Crippen LogP contribution in [0.15, 0.2) is 18.2 Å². The van der Waals surface area contributed by atoms with Crippen molar-refractivity contribution in [3.8, 4) is 0 Å². The molecule has 1 aromatic carbocycles. The van der Waals surface area contributed by atoms with Crippen LogP contribution < -0.4 is 5.32 Å². The van der Waals surface area contributed by atoms with Crippen molar-refractivity contribution in [2.45, 2.75) is 31.7 Å². The second-order valence-corrected chi connectivity index (χ2v) is 5.34. The number of carbonyl (C=O) groups is 1. The summed E-state index contributed by atoms with van der Waals surface area (Å²) < 4.78 is 12.9. The fourth-order valence-corrected chi connectivity index (χ4v) is 2.79. The Morgan fingerprint density at radius 2 is 2.16 bits per heavy atom. The van der Waals surface area contributed by atoms with E-state index in [4.69, 9.17) is 11.6 Å². The summed E-state index contributed by atoms with van der Waals surface area (Å²) in [5.41, 5.74) is 0.269. The zero-order valence-electron chi connectivity index (χ0n) is 10.5. The zero-order valence-corrected chi connectivity index (χ0v) is 11.3. The summed E-state index contributed by atoms with van der Waals surface area (Å²) >= 11 is 5.86. The van der Waals surface area contributed by atoms with E-state index in [0.29, 0.717) is 0 Å². The van der Waals surface area contributed by atoms with E-state index in [0.717, 1.165) is 31.7 Å².